The number of hydrogen-bond acceptors (Lipinski definition) is 4. The van der Waals surface area contributed by atoms with E-state index < -0.39 is 4.92 Å². The van der Waals surface area contributed by atoms with Gasteiger partial charge in [-0.2, -0.15) is 0 Å². The largest absolute Gasteiger partial charge is 0.328 e. The van der Waals surface area contributed by atoms with E-state index in [9.17, 15) is 14.9 Å². The molecule has 108 valence electrons. The Morgan fingerprint density at radius 3 is 2.60 bits per heavy atom. The molecule has 3 N–H and O–H groups in total. The number of nitrogens with two attached hydrogens (primary N) is 1. The summed E-state index contributed by atoms with van der Waals surface area (Å²) in [6.07, 6.45) is 3.14. The third-order valence-electron chi connectivity index (χ3n) is 3.75. The van der Waals surface area contributed by atoms with Gasteiger partial charge in [-0.1, -0.05) is 6.07 Å². The molecule has 1 fully saturated rings. The highest BCUT2D eigenvalue weighted by Gasteiger charge is 2.26. The zero-order valence-electron chi connectivity index (χ0n) is 11.5. The van der Waals surface area contributed by atoms with Crippen LogP contribution in [0, 0.1) is 23.0 Å². The molecule has 0 spiro atoms. The van der Waals surface area contributed by atoms with Gasteiger partial charge in [0.2, 0.25) is 5.91 Å². The fraction of sp³-hybridized carbons (Fsp3) is 0.500. The van der Waals surface area contributed by atoms with E-state index in [2.05, 4.69) is 5.32 Å². The Bertz CT molecular complexity index is 522. The molecule has 0 aliphatic heterocycles. The van der Waals surface area contributed by atoms with Gasteiger partial charge in [-0.15, -0.1) is 0 Å². The van der Waals surface area contributed by atoms with E-state index in [1.54, 1.807) is 19.1 Å². The van der Waals surface area contributed by atoms with Crippen molar-refractivity contribution in [1.82, 2.24) is 0 Å². The molecule has 0 saturated heterocycles. The first kappa shape index (κ1) is 14.5. The van der Waals surface area contributed by atoms with Crippen molar-refractivity contribution in [3.8, 4) is 0 Å². The van der Waals surface area contributed by atoms with Crippen molar-refractivity contribution in [2.75, 3.05) is 5.32 Å². The van der Waals surface area contributed by atoms with Crippen LogP contribution >= 0.6 is 0 Å². The van der Waals surface area contributed by atoms with Crippen LogP contribution in [0.1, 0.15) is 31.2 Å². The monoisotopic (exact) mass is 277 g/mol. The number of carbonyl (C=O) groups excluding carboxylic acids is 1. The summed E-state index contributed by atoms with van der Waals surface area (Å²) in [6, 6.07) is 4.97. The summed E-state index contributed by atoms with van der Waals surface area (Å²) in [5.41, 5.74) is 6.80. The summed E-state index contributed by atoms with van der Waals surface area (Å²) in [5.74, 6) is -0.250. The van der Waals surface area contributed by atoms with Crippen LogP contribution in [0.25, 0.3) is 0 Å². The Hall–Kier alpha value is -1.95. The summed E-state index contributed by atoms with van der Waals surface area (Å²) < 4.78 is 0. The average Bonchev–Trinajstić information content (AvgIpc) is 2.41. The Labute approximate surface area is 117 Å². The number of nitrogens with one attached hydrogen (secondary N) is 1. The fourth-order valence-electron chi connectivity index (χ4n) is 2.51. The van der Waals surface area contributed by atoms with E-state index in [4.69, 9.17) is 5.73 Å². The van der Waals surface area contributed by atoms with Crippen LogP contribution in [0.4, 0.5) is 11.4 Å². The highest BCUT2D eigenvalue weighted by molar-refractivity contribution is 5.94. The second kappa shape index (κ2) is 6.00. The number of nitro groups is 1. The van der Waals surface area contributed by atoms with E-state index in [1.807, 2.05) is 0 Å². The smallest absolute Gasteiger partial charge is 0.293 e. The number of anilines is 1. The SMILES string of the molecule is Cc1ccc(NC(=O)C2CCC(N)CC2)c([N+](=O)[O-])c1. The Morgan fingerprint density at radius 1 is 1.35 bits per heavy atom. The van der Waals surface area contributed by atoms with E-state index in [-0.39, 0.29) is 29.2 Å². The molecular weight excluding hydrogens is 258 g/mol. The zero-order chi connectivity index (χ0) is 14.7. The van der Waals surface area contributed by atoms with E-state index >= 15 is 0 Å². The van der Waals surface area contributed by atoms with Crippen molar-refractivity contribution in [3.05, 3.63) is 33.9 Å². The van der Waals surface area contributed by atoms with Gasteiger partial charge in [0, 0.05) is 18.0 Å². The molecule has 0 radical (unpaired) electrons. The number of nitro benzene ring substituents is 1. The minimum absolute atomic E-state index is 0.0640. The molecule has 6 heteroatoms. The van der Waals surface area contributed by atoms with Gasteiger partial charge in [0.1, 0.15) is 5.69 Å². The molecule has 1 aromatic carbocycles. The average molecular weight is 277 g/mol. The molecule has 0 bridgehead atoms. The van der Waals surface area contributed by atoms with Crippen LogP contribution in [-0.4, -0.2) is 16.9 Å². The quantitative estimate of drug-likeness (QED) is 0.654. The molecule has 1 saturated carbocycles. The van der Waals surface area contributed by atoms with Crippen molar-refractivity contribution in [2.45, 2.75) is 38.6 Å². The molecule has 0 aromatic heterocycles. The van der Waals surface area contributed by atoms with E-state index in [1.165, 1.54) is 6.07 Å². The second-order valence-electron chi connectivity index (χ2n) is 5.38. The lowest BCUT2D eigenvalue weighted by molar-refractivity contribution is -0.384. The molecule has 0 unspecified atom stereocenters. The van der Waals surface area contributed by atoms with Gasteiger partial charge >= 0.3 is 0 Å². The lowest BCUT2D eigenvalue weighted by Crippen LogP contribution is -2.32. The van der Waals surface area contributed by atoms with Crippen LogP contribution in [0.2, 0.25) is 0 Å². The Morgan fingerprint density at radius 2 is 2.00 bits per heavy atom. The minimum atomic E-state index is -0.473. The van der Waals surface area contributed by atoms with E-state index in [0.717, 1.165) is 31.2 Å². The standard InChI is InChI=1S/C14H19N3O3/c1-9-2-7-12(13(8-9)17(19)20)16-14(18)10-3-5-11(15)6-4-10/h2,7-8,10-11H,3-6,15H2,1H3,(H,16,18). The molecule has 6 nitrogen and oxygen atoms in total. The topological polar surface area (TPSA) is 98.3 Å². The number of nitrogens with zero attached hydrogens (tertiary/aromatic N) is 1. The lowest BCUT2D eigenvalue weighted by Gasteiger charge is -2.25. The molecule has 0 heterocycles. The van der Waals surface area contributed by atoms with Gasteiger partial charge in [-0.05, 0) is 44.2 Å². The fourth-order valence-corrected chi connectivity index (χ4v) is 2.51. The van der Waals surface area contributed by atoms with Gasteiger partial charge in [0.15, 0.2) is 0 Å². The zero-order valence-corrected chi connectivity index (χ0v) is 11.5. The Kier molecular flexibility index (Phi) is 4.34. The molecule has 0 atom stereocenters. The number of carbonyl (C=O) groups is 1. The van der Waals surface area contributed by atoms with Crippen molar-refractivity contribution in [1.29, 1.82) is 0 Å². The molecule has 1 aliphatic carbocycles. The van der Waals surface area contributed by atoms with Crippen molar-refractivity contribution in [2.24, 2.45) is 11.7 Å². The van der Waals surface area contributed by atoms with Gasteiger partial charge in [0.25, 0.3) is 5.69 Å². The number of benzene rings is 1. The lowest BCUT2D eigenvalue weighted by atomic mass is 9.86. The number of rotatable bonds is 3. The molecular formula is C14H19N3O3. The molecule has 1 aliphatic rings. The van der Waals surface area contributed by atoms with Gasteiger partial charge in [0.05, 0.1) is 4.92 Å². The van der Waals surface area contributed by atoms with Crippen LogP contribution in [0.15, 0.2) is 18.2 Å². The summed E-state index contributed by atoms with van der Waals surface area (Å²) in [7, 11) is 0. The number of aryl methyl sites for hydroxylation is 1. The van der Waals surface area contributed by atoms with Crippen molar-refractivity contribution >= 4 is 17.3 Å². The third-order valence-corrected chi connectivity index (χ3v) is 3.75. The van der Waals surface area contributed by atoms with Crippen LogP contribution in [-0.2, 0) is 4.79 Å². The molecule has 2 rings (SSSR count). The van der Waals surface area contributed by atoms with Gasteiger partial charge < -0.3 is 11.1 Å². The normalized spacial score (nSPS) is 22.3. The third kappa shape index (κ3) is 3.33. The first-order chi connectivity index (χ1) is 9.47. The minimum Gasteiger partial charge on any atom is -0.328 e. The van der Waals surface area contributed by atoms with Crippen LogP contribution in [0.3, 0.4) is 0 Å². The summed E-state index contributed by atoms with van der Waals surface area (Å²) in [4.78, 5) is 22.7. The number of hydrogen-bond donors (Lipinski definition) is 2. The van der Waals surface area contributed by atoms with Gasteiger partial charge in [-0.3, -0.25) is 14.9 Å². The first-order valence-electron chi connectivity index (χ1n) is 6.79. The van der Waals surface area contributed by atoms with E-state index in [0.29, 0.717) is 0 Å². The van der Waals surface area contributed by atoms with Crippen molar-refractivity contribution < 1.29 is 9.72 Å². The predicted octanol–water partition coefficient (Wildman–Crippen LogP) is 2.36. The summed E-state index contributed by atoms with van der Waals surface area (Å²) in [5, 5.41) is 13.7. The van der Waals surface area contributed by atoms with Crippen LogP contribution < -0.4 is 11.1 Å². The second-order valence-corrected chi connectivity index (χ2v) is 5.38. The van der Waals surface area contributed by atoms with Crippen LogP contribution in [0.5, 0.6) is 0 Å². The van der Waals surface area contributed by atoms with Crippen molar-refractivity contribution in [3.63, 3.8) is 0 Å². The summed E-state index contributed by atoms with van der Waals surface area (Å²) in [6.45, 7) is 1.78. The summed E-state index contributed by atoms with van der Waals surface area (Å²) >= 11 is 0. The molecule has 1 amide bonds. The number of amides is 1. The predicted molar refractivity (Wildman–Crippen MR) is 76.4 cm³/mol. The maximum atomic E-state index is 12.2. The highest BCUT2D eigenvalue weighted by Crippen LogP contribution is 2.28. The maximum Gasteiger partial charge on any atom is 0.293 e. The molecule has 20 heavy (non-hydrogen) atoms. The highest BCUT2D eigenvalue weighted by atomic mass is 16.6. The first-order valence-corrected chi connectivity index (χ1v) is 6.79. The maximum absolute atomic E-state index is 12.2. The Balaban J connectivity index is 2.10. The van der Waals surface area contributed by atoms with Gasteiger partial charge in [-0.25, -0.2) is 0 Å². The molecule has 1 aromatic rings.